The number of halogens is 2. The van der Waals surface area contributed by atoms with E-state index in [-0.39, 0.29) is 31.4 Å². The van der Waals surface area contributed by atoms with Crippen LogP contribution in [-0.4, -0.2) is 21.7 Å². The van der Waals surface area contributed by atoms with Crippen molar-refractivity contribution in [2.75, 3.05) is 6.61 Å². The van der Waals surface area contributed by atoms with Gasteiger partial charge in [0.05, 0.1) is 6.33 Å². The minimum Gasteiger partial charge on any atom is -0.397 e. The Morgan fingerprint density at radius 3 is 2.10 bits per heavy atom. The Labute approximate surface area is 72.7 Å². The van der Waals surface area contributed by atoms with Crippen molar-refractivity contribution in [2.24, 2.45) is 0 Å². The van der Waals surface area contributed by atoms with Gasteiger partial charge in [-0.25, -0.2) is 4.98 Å². The van der Waals surface area contributed by atoms with Crippen LogP contribution in [0.4, 0.5) is 0 Å². The lowest BCUT2D eigenvalue weighted by molar-refractivity contribution is 0.318. The van der Waals surface area contributed by atoms with Crippen molar-refractivity contribution in [1.29, 1.82) is 0 Å². The Hall–Kier alpha value is -0.250. The molecule has 1 heterocycles. The molecule has 0 atom stereocenters. The third-order valence-electron chi connectivity index (χ3n) is 0.406. The second-order valence-corrected chi connectivity index (χ2v) is 1.08. The average Bonchev–Trinajstić information content (AvgIpc) is 2.17. The van der Waals surface area contributed by atoms with Crippen molar-refractivity contribution in [3.8, 4) is 0 Å². The molecule has 0 bridgehead atoms. The van der Waals surface area contributed by atoms with Crippen molar-refractivity contribution in [3.63, 3.8) is 0 Å². The molecular formula is C5H12Cl2N2O. The Bertz CT molecular complexity index is 84.5. The van der Waals surface area contributed by atoms with Gasteiger partial charge in [-0.05, 0) is 6.92 Å². The summed E-state index contributed by atoms with van der Waals surface area (Å²) in [5.41, 5.74) is 0. The van der Waals surface area contributed by atoms with Crippen LogP contribution >= 0.6 is 24.8 Å². The molecular weight excluding hydrogens is 175 g/mol. The Kier molecular flexibility index (Phi) is 26.0. The van der Waals surface area contributed by atoms with E-state index in [0.717, 1.165) is 0 Å². The van der Waals surface area contributed by atoms with Gasteiger partial charge >= 0.3 is 0 Å². The number of imidazole rings is 1. The average molecular weight is 187 g/mol. The van der Waals surface area contributed by atoms with E-state index in [0.29, 0.717) is 0 Å². The van der Waals surface area contributed by atoms with E-state index in [1.807, 2.05) is 0 Å². The minimum absolute atomic E-state index is 0. The lowest BCUT2D eigenvalue weighted by Gasteiger charge is -1.52. The molecule has 0 saturated heterocycles. The van der Waals surface area contributed by atoms with E-state index in [9.17, 15) is 0 Å². The van der Waals surface area contributed by atoms with Crippen LogP contribution in [-0.2, 0) is 0 Å². The van der Waals surface area contributed by atoms with Gasteiger partial charge in [-0.15, -0.1) is 24.8 Å². The number of rotatable bonds is 0. The van der Waals surface area contributed by atoms with Gasteiger partial charge in [0.1, 0.15) is 0 Å². The molecule has 0 amide bonds. The van der Waals surface area contributed by atoms with Crippen LogP contribution < -0.4 is 0 Å². The molecule has 1 rings (SSSR count). The van der Waals surface area contributed by atoms with E-state index < -0.39 is 0 Å². The summed E-state index contributed by atoms with van der Waals surface area (Å²) >= 11 is 0. The second-order valence-electron chi connectivity index (χ2n) is 1.08. The highest BCUT2D eigenvalue weighted by atomic mass is 35.5. The van der Waals surface area contributed by atoms with Gasteiger partial charge in [0.2, 0.25) is 0 Å². The third-order valence-corrected chi connectivity index (χ3v) is 0.406. The number of aromatic nitrogens is 2. The maximum atomic E-state index is 7.57. The van der Waals surface area contributed by atoms with Crippen molar-refractivity contribution in [1.82, 2.24) is 9.97 Å². The first-order chi connectivity index (χ1) is 3.91. The smallest absolute Gasteiger partial charge is 0.0919 e. The molecule has 10 heavy (non-hydrogen) atoms. The highest BCUT2D eigenvalue weighted by molar-refractivity contribution is 5.85. The molecule has 0 spiro atoms. The van der Waals surface area contributed by atoms with Crippen LogP contribution in [0.2, 0.25) is 0 Å². The molecule has 0 fully saturated rings. The summed E-state index contributed by atoms with van der Waals surface area (Å²) in [6.07, 6.45) is 5.08. The maximum absolute atomic E-state index is 7.57. The van der Waals surface area contributed by atoms with Gasteiger partial charge in [0.25, 0.3) is 0 Å². The Morgan fingerprint density at radius 1 is 1.50 bits per heavy atom. The summed E-state index contributed by atoms with van der Waals surface area (Å²) in [6.45, 7) is 1.93. The van der Waals surface area contributed by atoms with Gasteiger partial charge in [-0.3, -0.25) is 0 Å². The predicted molar refractivity (Wildman–Crippen MR) is 45.8 cm³/mol. The molecule has 62 valence electrons. The van der Waals surface area contributed by atoms with Gasteiger partial charge < -0.3 is 10.1 Å². The zero-order valence-corrected chi connectivity index (χ0v) is 7.28. The molecule has 0 aromatic carbocycles. The van der Waals surface area contributed by atoms with E-state index in [2.05, 4.69) is 9.97 Å². The second kappa shape index (κ2) is 15.9. The molecule has 0 aliphatic carbocycles. The quantitative estimate of drug-likeness (QED) is 0.642. The molecule has 3 nitrogen and oxygen atoms in total. The number of aromatic amines is 1. The van der Waals surface area contributed by atoms with Crippen LogP contribution in [0.1, 0.15) is 6.92 Å². The van der Waals surface area contributed by atoms with E-state index in [1.54, 1.807) is 25.6 Å². The van der Waals surface area contributed by atoms with Gasteiger partial charge in [-0.2, -0.15) is 0 Å². The highest BCUT2D eigenvalue weighted by Gasteiger charge is 1.56. The number of nitrogens with zero attached hydrogens (tertiary/aromatic N) is 1. The fourth-order valence-corrected chi connectivity index (χ4v) is 0.215. The molecule has 0 saturated carbocycles. The first-order valence-corrected chi connectivity index (χ1v) is 2.45. The monoisotopic (exact) mass is 186 g/mol. The number of hydrogen-bond donors (Lipinski definition) is 2. The molecule has 1 aromatic heterocycles. The van der Waals surface area contributed by atoms with Crippen LogP contribution in [0.15, 0.2) is 18.7 Å². The van der Waals surface area contributed by atoms with Crippen molar-refractivity contribution in [2.45, 2.75) is 6.92 Å². The number of hydrogen-bond acceptors (Lipinski definition) is 2. The van der Waals surface area contributed by atoms with Crippen LogP contribution in [0, 0.1) is 0 Å². The largest absolute Gasteiger partial charge is 0.397 e. The molecule has 1 aromatic rings. The summed E-state index contributed by atoms with van der Waals surface area (Å²) in [7, 11) is 0. The summed E-state index contributed by atoms with van der Waals surface area (Å²) in [4.78, 5) is 6.42. The number of aliphatic hydroxyl groups is 1. The third kappa shape index (κ3) is 15.7. The van der Waals surface area contributed by atoms with Gasteiger partial charge in [0, 0.05) is 19.0 Å². The first-order valence-electron chi connectivity index (χ1n) is 2.45. The molecule has 0 aliphatic heterocycles. The van der Waals surface area contributed by atoms with Crippen molar-refractivity contribution in [3.05, 3.63) is 18.7 Å². The summed E-state index contributed by atoms with van der Waals surface area (Å²) in [5, 5.41) is 7.57. The Morgan fingerprint density at radius 2 is 2.00 bits per heavy atom. The zero-order chi connectivity index (χ0) is 6.24. The summed E-state index contributed by atoms with van der Waals surface area (Å²) in [5.74, 6) is 0. The SMILES string of the molecule is CCO.Cl.Cl.c1c[nH]cn1. The highest BCUT2D eigenvalue weighted by Crippen LogP contribution is 1.62. The fraction of sp³-hybridized carbons (Fsp3) is 0.400. The standard InChI is InChI=1S/C3H4N2.C2H6O.2ClH/c1-2-5-3-4-1;1-2-3;;/h1-3H,(H,4,5);3H,2H2,1H3;2*1H. The fourth-order valence-electron chi connectivity index (χ4n) is 0.215. The van der Waals surface area contributed by atoms with E-state index >= 15 is 0 Å². The van der Waals surface area contributed by atoms with Gasteiger partial charge in [0.15, 0.2) is 0 Å². The summed E-state index contributed by atoms with van der Waals surface area (Å²) < 4.78 is 0. The lowest BCUT2D eigenvalue weighted by Crippen LogP contribution is -1.57. The first kappa shape index (κ1) is 16.4. The molecule has 0 radical (unpaired) electrons. The van der Waals surface area contributed by atoms with Gasteiger partial charge in [-0.1, -0.05) is 0 Å². The molecule has 2 N–H and O–H groups in total. The lowest BCUT2D eigenvalue weighted by atomic mass is 10.9. The summed E-state index contributed by atoms with van der Waals surface area (Å²) in [6, 6.07) is 0. The van der Waals surface area contributed by atoms with Crippen LogP contribution in [0.5, 0.6) is 0 Å². The minimum atomic E-state index is 0. The number of aliphatic hydroxyl groups excluding tert-OH is 1. The number of H-pyrrole nitrogens is 1. The van der Waals surface area contributed by atoms with E-state index in [4.69, 9.17) is 5.11 Å². The van der Waals surface area contributed by atoms with Crippen molar-refractivity contribution < 1.29 is 5.11 Å². The normalized spacial score (nSPS) is 5.80. The van der Waals surface area contributed by atoms with Crippen molar-refractivity contribution >= 4 is 24.8 Å². The molecule has 5 heteroatoms. The maximum Gasteiger partial charge on any atom is 0.0919 e. The van der Waals surface area contributed by atoms with E-state index in [1.165, 1.54) is 0 Å². The predicted octanol–water partition coefficient (Wildman–Crippen LogP) is 1.25. The zero-order valence-electron chi connectivity index (χ0n) is 5.65. The molecule has 0 unspecified atom stereocenters. The Balaban J connectivity index is -0.0000000900. The topological polar surface area (TPSA) is 48.9 Å². The van der Waals surface area contributed by atoms with Crippen LogP contribution in [0.25, 0.3) is 0 Å². The van der Waals surface area contributed by atoms with Crippen LogP contribution in [0.3, 0.4) is 0 Å². The number of nitrogens with one attached hydrogen (secondary N) is 1. The molecule has 0 aliphatic rings.